The maximum absolute atomic E-state index is 12.5. The lowest BCUT2D eigenvalue weighted by atomic mass is 9.54. The summed E-state index contributed by atoms with van der Waals surface area (Å²) in [7, 11) is 1.87. The molecule has 1 aromatic rings. The van der Waals surface area contributed by atoms with Crippen molar-refractivity contribution >= 4 is 11.9 Å². The second-order valence-corrected chi connectivity index (χ2v) is 8.61. The highest BCUT2D eigenvalue weighted by Crippen LogP contribution is 2.60. The molecule has 1 N–H and O–H groups in total. The molecule has 28 heavy (non-hydrogen) atoms. The molecule has 7 nitrogen and oxygen atoms in total. The van der Waals surface area contributed by atoms with Gasteiger partial charge >= 0.3 is 0 Å². The molecule has 4 fully saturated rings. The van der Waals surface area contributed by atoms with Crippen LogP contribution in [0.25, 0.3) is 0 Å². The topological polar surface area (TPSA) is 70.3 Å². The highest BCUT2D eigenvalue weighted by molar-refractivity contribution is 5.91. The minimum atomic E-state index is -0.0255. The number of carbonyl (C=O) groups excluding carboxylic acids is 1. The monoisotopic (exact) mass is 386 g/mol. The van der Waals surface area contributed by atoms with Gasteiger partial charge in [0.1, 0.15) is 0 Å². The number of furan rings is 1. The highest BCUT2D eigenvalue weighted by atomic mass is 16.5. The van der Waals surface area contributed by atoms with Gasteiger partial charge in [-0.25, -0.2) is 0 Å². The Kier molecular flexibility index (Phi) is 4.57. The normalized spacial score (nSPS) is 31.8. The van der Waals surface area contributed by atoms with Crippen LogP contribution in [0.4, 0.5) is 0 Å². The van der Waals surface area contributed by atoms with Crippen LogP contribution < -0.4 is 5.32 Å². The van der Waals surface area contributed by atoms with E-state index in [1.54, 1.807) is 18.4 Å². The second-order valence-electron chi connectivity index (χ2n) is 8.61. The Hall–Kier alpha value is -2.02. The van der Waals surface area contributed by atoms with E-state index in [0.29, 0.717) is 42.3 Å². The van der Waals surface area contributed by atoms with Crippen molar-refractivity contribution in [3.8, 4) is 0 Å². The zero-order valence-electron chi connectivity index (χ0n) is 16.6. The number of carbonyl (C=O) groups is 1. The highest BCUT2D eigenvalue weighted by Gasteiger charge is 2.65. The van der Waals surface area contributed by atoms with Crippen LogP contribution in [0.5, 0.6) is 0 Å². The smallest absolute Gasteiger partial charge is 0.289 e. The Morgan fingerprint density at radius 2 is 1.96 bits per heavy atom. The molecule has 5 rings (SSSR count). The molecule has 1 amide bonds. The van der Waals surface area contributed by atoms with Gasteiger partial charge in [0.25, 0.3) is 5.91 Å². The van der Waals surface area contributed by atoms with Gasteiger partial charge in [-0.05, 0) is 31.4 Å². The Bertz CT molecular complexity index is 733. The standard InChI is InChI=1S/C21H30N4O3/c1-22-20(23-17-15-6-14-28-18(15)21(17)7-2-3-8-21)25-11-9-24(10-12-25)19(26)16-5-4-13-27-16/h4-5,13,15,17-18H,2-3,6-12,14H2,1H3,(H,22,23). The lowest BCUT2D eigenvalue weighted by Crippen LogP contribution is -2.70. The lowest BCUT2D eigenvalue weighted by molar-refractivity contribution is -0.125. The average Bonchev–Trinajstić information content (AvgIpc) is 3.49. The molecule has 152 valence electrons. The lowest BCUT2D eigenvalue weighted by Gasteiger charge is -2.57. The Labute approximate surface area is 166 Å². The first-order valence-corrected chi connectivity index (χ1v) is 10.7. The van der Waals surface area contributed by atoms with Gasteiger partial charge in [0, 0.05) is 57.2 Å². The second kappa shape index (κ2) is 7.10. The van der Waals surface area contributed by atoms with E-state index in [0.717, 1.165) is 32.1 Å². The molecule has 0 bridgehead atoms. The van der Waals surface area contributed by atoms with E-state index in [1.807, 2.05) is 11.9 Å². The number of piperazine rings is 1. The summed E-state index contributed by atoms with van der Waals surface area (Å²) in [5.41, 5.74) is 0.314. The zero-order valence-corrected chi connectivity index (χ0v) is 16.6. The van der Waals surface area contributed by atoms with Crippen LogP contribution >= 0.6 is 0 Å². The molecule has 1 aromatic heterocycles. The minimum Gasteiger partial charge on any atom is -0.459 e. The van der Waals surface area contributed by atoms with Crippen molar-refractivity contribution in [2.75, 3.05) is 39.8 Å². The number of ether oxygens (including phenoxy) is 1. The van der Waals surface area contributed by atoms with E-state index in [4.69, 9.17) is 9.15 Å². The van der Waals surface area contributed by atoms with E-state index >= 15 is 0 Å². The van der Waals surface area contributed by atoms with Gasteiger partial charge < -0.3 is 24.3 Å². The average molecular weight is 386 g/mol. The number of aliphatic imine (C=N–C) groups is 1. The van der Waals surface area contributed by atoms with E-state index in [1.165, 1.54) is 25.7 Å². The third-order valence-electron chi connectivity index (χ3n) is 7.38. The van der Waals surface area contributed by atoms with Crippen molar-refractivity contribution in [3.05, 3.63) is 24.2 Å². The summed E-state index contributed by atoms with van der Waals surface area (Å²) < 4.78 is 11.4. The van der Waals surface area contributed by atoms with Crippen LogP contribution in [0.3, 0.4) is 0 Å². The fraction of sp³-hybridized carbons (Fsp3) is 0.714. The Morgan fingerprint density at radius 3 is 2.64 bits per heavy atom. The van der Waals surface area contributed by atoms with Gasteiger partial charge in [-0.1, -0.05) is 12.8 Å². The summed E-state index contributed by atoms with van der Waals surface area (Å²) >= 11 is 0. The van der Waals surface area contributed by atoms with Crippen molar-refractivity contribution in [1.82, 2.24) is 15.1 Å². The molecule has 1 spiro atoms. The summed E-state index contributed by atoms with van der Waals surface area (Å²) in [6.07, 6.45) is 8.34. The summed E-state index contributed by atoms with van der Waals surface area (Å²) in [5, 5.41) is 3.82. The molecule has 3 heterocycles. The van der Waals surface area contributed by atoms with E-state index in [-0.39, 0.29) is 5.91 Å². The first-order chi connectivity index (χ1) is 13.7. The van der Waals surface area contributed by atoms with Gasteiger partial charge in [0.15, 0.2) is 11.7 Å². The van der Waals surface area contributed by atoms with Gasteiger partial charge in [-0.15, -0.1) is 0 Å². The summed E-state index contributed by atoms with van der Waals surface area (Å²) in [6.45, 7) is 3.85. The number of amides is 1. The van der Waals surface area contributed by atoms with Crippen LogP contribution in [0.15, 0.2) is 27.8 Å². The van der Waals surface area contributed by atoms with Gasteiger partial charge in [-0.2, -0.15) is 0 Å². The van der Waals surface area contributed by atoms with E-state index in [2.05, 4.69) is 15.2 Å². The van der Waals surface area contributed by atoms with E-state index < -0.39 is 0 Å². The summed E-state index contributed by atoms with van der Waals surface area (Å²) in [6, 6.07) is 3.96. The van der Waals surface area contributed by atoms with Crippen molar-refractivity contribution < 1.29 is 13.9 Å². The fourth-order valence-electron chi connectivity index (χ4n) is 6.02. The number of nitrogens with zero attached hydrogens (tertiary/aromatic N) is 3. The van der Waals surface area contributed by atoms with Gasteiger partial charge in [0.05, 0.1) is 12.4 Å². The molecule has 2 saturated heterocycles. The van der Waals surface area contributed by atoms with Crippen molar-refractivity contribution in [1.29, 1.82) is 0 Å². The molecule has 7 heteroatoms. The maximum Gasteiger partial charge on any atom is 0.289 e. The number of hydrogen-bond donors (Lipinski definition) is 1. The molecule has 3 atom stereocenters. The van der Waals surface area contributed by atoms with Gasteiger partial charge in [-0.3, -0.25) is 9.79 Å². The third-order valence-corrected chi connectivity index (χ3v) is 7.38. The zero-order chi connectivity index (χ0) is 19.1. The maximum atomic E-state index is 12.5. The van der Waals surface area contributed by atoms with Crippen molar-refractivity contribution in [2.45, 2.75) is 44.2 Å². The molecule has 3 unspecified atom stereocenters. The number of hydrogen-bond acceptors (Lipinski definition) is 4. The van der Waals surface area contributed by atoms with Crippen molar-refractivity contribution in [3.63, 3.8) is 0 Å². The van der Waals surface area contributed by atoms with Crippen LogP contribution in [0, 0.1) is 11.3 Å². The number of fused-ring (bicyclic) bond motifs is 2. The number of nitrogens with one attached hydrogen (secondary N) is 1. The SMILES string of the molecule is CN=C(NC1C2CCOC2C12CCCC2)N1CCN(C(=O)c2ccco2)CC1. The first kappa shape index (κ1) is 18.0. The molecule has 2 saturated carbocycles. The number of guanidine groups is 1. The minimum absolute atomic E-state index is 0.0255. The third kappa shape index (κ3) is 2.74. The molecular weight excluding hydrogens is 356 g/mol. The summed E-state index contributed by atoms with van der Waals surface area (Å²) in [5.74, 6) is 1.99. The van der Waals surface area contributed by atoms with Crippen LogP contribution in [0.2, 0.25) is 0 Å². The van der Waals surface area contributed by atoms with Crippen LogP contribution in [-0.2, 0) is 4.74 Å². The molecule has 0 aromatic carbocycles. The predicted molar refractivity (Wildman–Crippen MR) is 105 cm³/mol. The Morgan fingerprint density at radius 1 is 1.21 bits per heavy atom. The van der Waals surface area contributed by atoms with Gasteiger partial charge in [0.2, 0.25) is 0 Å². The van der Waals surface area contributed by atoms with Crippen LogP contribution in [0.1, 0.15) is 42.7 Å². The molecule has 2 aliphatic carbocycles. The van der Waals surface area contributed by atoms with E-state index in [9.17, 15) is 4.79 Å². The number of rotatable bonds is 2. The fourth-order valence-corrected chi connectivity index (χ4v) is 6.02. The molecular formula is C21H30N4O3. The predicted octanol–water partition coefficient (Wildman–Crippen LogP) is 1.96. The molecule has 0 radical (unpaired) electrons. The quantitative estimate of drug-likeness (QED) is 0.622. The first-order valence-electron chi connectivity index (χ1n) is 10.7. The Balaban J connectivity index is 1.22. The largest absolute Gasteiger partial charge is 0.459 e. The van der Waals surface area contributed by atoms with Crippen molar-refractivity contribution in [2.24, 2.45) is 16.3 Å². The summed E-state index contributed by atoms with van der Waals surface area (Å²) in [4.78, 5) is 21.2. The molecule has 4 aliphatic rings. The van der Waals surface area contributed by atoms with Crippen LogP contribution in [-0.4, -0.2) is 73.6 Å². The molecule has 2 aliphatic heterocycles.